The maximum absolute atomic E-state index is 11.5. The number of carboxylic acid groups (broad SMARTS) is 1. The van der Waals surface area contributed by atoms with E-state index in [1.165, 1.54) is 12.3 Å². The lowest BCUT2D eigenvalue weighted by molar-refractivity contribution is -0.146. The lowest BCUT2D eigenvalue weighted by atomic mass is 10.2. The summed E-state index contributed by atoms with van der Waals surface area (Å²) in [5.74, 6) is -2.17. The van der Waals surface area contributed by atoms with Gasteiger partial charge in [-0.1, -0.05) is 0 Å². The maximum atomic E-state index is 11.5. The van der Waals surface area contributed by atoms with Crippen molar-refractivity contribution in [2.75, 3.05) is 6.54 Å². The zero-order valence-corrected chi connectivity index (χ0v) is 9.06. The molecule has 0 unspecified atom stereocenters. The number of aryl methyl sites for hydroxylation is 1. The summed E-state index contributed by atoms with van der Waals surface area (Å²) in [4.78, 5) is 35.9. The highest BCUT2D eigenvalue weighted by Crippen LogP contribution is 1.92. The number of aliphatic hydroxyl groups excluding tert-OH is 1. The van der Waals surface area contributed by atoms with Crippen molar-refractivity contribution in [1.29, 1.82) is 0 Å². The van der Waals surface area contributed by atoms with Crippen LogP contribution in [0.4, 0.5) is 0 Å². The van der Waals surface area contributed by atoms with Gasteiger partial charge in [-0.25, -0.2) is 4.79 Å². The molecule has 0 saturated carbocycles. The molecule has 92 valence electrons. The monoisotopic (exact) mass is 240 g/mol. The molecular formula is C10H12N2O5. The van der Waals surface area contributed by atoms with Crippen molar-refractivity contribution in [3.05, 3.63) is 33.7 Å². The summed E-state index contributed by atoms with van der Waals surface area (Å²) in [7, 11) is 0. The Bertz CT molecular complexity index is 494. The highest BCUT2D eigenvalue weighted by atomic mass is 16.4. The van der Waals surface area contributed by atoms with Gasteiger partial charge in [-0.05, 0) is 6.92 Å². The largest absolute Gasteiger partial charge is 0.479 e. The number of aliphatic carboxylic acids is 1. The summed E-state index contributed by atoms with van der Waals surface area (Å²) in [5, 5.41) is 19.5. The molecule has 0 fully saturated rings. The Hall–Kier alpha value is -2.15. The molecule has 17 heavy (non-hydrogen) atoms. The van der Waals surface area contributed by atoms with Gasteiger partial charge in [-0.3, -0.25) is 9.59 Å². The highest BCUT2D eigenvalue weighted by molar-refractivity contribution is 5.94. The van der Waals surface area contributed by atoms with Crippen molar-refractivity contribution in [3.8, 4) is 0 Å². The van der Waals surface area contributed by atoms with Gasteiger partial charge in [0, 0.05) is 18.0 Å². The third kappa shape index (κ3) is 3.42. The predicted octanol–water partition coefficient (Wildman–Crippen LogP) is -1.14. The summed E-state index contributed by atoms with van der Waals surface area (Å²) in [6, 6.07) is 1.25. The third-order valence-corrected chi connectivity index (χ3v) is 2.04. The standard InChI is InChI=1S/C10H12N2O5/c1-5-2-7(13)6(3-11-5)9(15)12-4-8(14)10(16)17/h2-3,8,14H,4H2,1H3,(H,11,13)(H,12,15)(H,16,17)/t8-/m0/s1. The van der Waals surface area contributed by atoms with Crippen LogP contribution < -0.4 is 10.7 Å². The van der Waals surface area contributed by atoms with E-state index in [9.17, 15) is 14.4 Å². The van der Waals surface area contributed by atoms with E-state index in [4.69, 9.17) is 10.2 Å². The summed E-state index contributed by atoms with van der Waals surface area (Å²) in [6.45, 7) is 1.21. The molecule has 1 aromatic rings. The average molecular weight is 240 g/mol. The number of rotatable bonds is 4. The first-order valence-corrected chi connectivity index (χ1v) is 4.80. The second-order valence-electron chi connectivity index (χ2n) is 3.46. The molecule has 7 nitrogen and oxygen atoms in total. The lowest BCUT2D eigenvalue weighted by Crippen LogP contribution is -2.38. The van der Waals surface area contributed by atoms with Gasteiger partial charge in [0.1, 0.15) is 5.56 Å². The van der Waals surface area contributed by atoms with Crippen molar-refractivity contribution < 1.29 is 19.8 Å². The van der Waals surface area contributed by atoms with Gasteiger partial charge < -0.3 is 20.5 Å². The number of carbonyl (C=O) groups excluding carboxylic acids is 1. The first kappa shape index (κ1) is 12.9. The van der Waals surface area contributed by atoms with Crippen LogP contribution in [-0.4, -0.2) is 39.7 Å². The maximum Gasteiger partial charge on any atom is 0.334 e. The number of pyridine rings is 1. The number of aromatic nitrogens is 1. The Kier molecular flexibility index (Phi) is 4.00. The van der Waals surface area contributed by atoms with Crippen molar-refractivity contribution in [2.24, 2.45) is 0 Å². The van der Waals surface area contributed by atoms with Crippen molar-refractivity contribution in [1.82, 2.24) is 10.3 Å². The number of aromatic amines is 1. The molecule has 0 aliphatic rings. The van der Waals surface area contributed by atoms with E-state index in [-0.39, 0.29) is 5.56 Å². The smallest absolute Gasteiger partial charge is 0.334 e. The van der Waals surface area contributed by atoms with Crippen LogP contribution in [0, 0.1) is 6.92 Å². The summed E-state index contributed by atoms with van der Waals surface area (Å²) in [6.07, 6.45) is -0.455. The van der Waals surface area contributed by atoms with E-state index in [2.05, 4.69) is 10.3 Å². The minimum absolute atomic E-state index is 0.131. The Morgan fingerprint density at radius 2 is 2.18 bits per heavy atom. The van der Waals surface area contributed by atoms with Crippen LogP contribution in [0.1, 0.15) is 16.1 Å². The Balaban J connectivity index is 2.71. The number of hydrogen-bond donors (Lipinski definition) is 4. The second kappa shape index (κ2) is 5.26. The van der Waals surface area contributed by atoms with Crippen LogP contribution in [0.15, 0.2) is 17.1 Å². The molecule has 1 heterocycles. The summed E-state index contributed by atoms with van der Waals surface area (Å²) >= 11 is 0. The van der Waals surface area contributed by atoms with Gasteiger partial charge >= 0.3 is 5.97 Å². The first-order valence-electron chi connectivity index (χ1n) is 4.80. The number of H-pyrrole nitrogens is 1. The van der Waals surface area contributed by atoms with Crippen LogP contribution in [0.5, 0.6) is 0 Å². The van der Waals surface area contributed by atoms with E-state index in [1.54, 1.807) is 6.92 Å². The number of carboxylic acids is 1. The summed E-state index contributed by atoms with van der Waals surface area (Å²) in [5.41, 5.74) is 0.00822. The van der Waals surface area contributed by atoms with Crippen LogP contribution in [-0.2, 0) is 4.79 Å². The van der Waals surface area contributed by atoms with E-state index >= 15 is 0 Å². The van der Waals surface area contributed by atoms with Gasteiger partial charge in [0.15, 0.2) is 11.5 Å². The zero-order chi connectivity index (χ0) is 13.0. The molecule has 0 aliphatic heterocycles. The van der Waals surface area contributed by atoms with E-state index in [1.807, 2.05) is 0 Å². The molecule has 1 aromatic heterocycles. The lowest BCUT2D eigenvalue weighted by Gasteiger charge is -2.07. The molecule has 0 bridgehead atoms. The molecule has 1 atom stereocenters. The Labute approximate surface area is 96.1 Å². The minimum Gasteiger partial charge on any atom is -0.479 e. The van der Waals surface area contributed by atoms with Gasteiger partial charge in [0.05, 0.1) is 6.54 Å². The quantitative estimate of drug-likeness (QED) is 0.530. The van der Waals surface area contributed by atoms with E-state index < -0.39 is 30.0 Å². The third-order valence-electron chi connectivity index (χ3n) is 2.04. The fourth-order valence-corrected chi connectivity index (χ4v) is 1.12. The van der Waals surface area contributed by atoms with Crippen molar-refractivity contribution >= 4 is 11.9 Å². The van der Waals surface area contributed by atoms with Gasteiger partial charge in [-0.2, -0.15) is 0 Å². The van der Waals surface area contributed by atoms with Crippen LogP contribution in [0.25, 0.3) is 0 Å². The molecule has 7 heteroatoms. The molecule has 0 spiro atoms. The molecular weight excluding hydrogens is 228 g/mol. The van der Waals surface area contributed by atoms with E-state index in [0.717, 1.165) is 0 Å². The molecule has 1 rings (SSSR count). The van der Waals surface area contributed by atoms with Crippen molar-refractivity contribution in [2.45, 2.75) is 13.0 Å². The normalized spacial score (nSPS) is 11.9. The molecule has 0 radical (unpaired) electrons. The fraction of sp³-hybridized carbons (Fsp3) is 0.300. The number of aliphatic hydroxyl groups is 1. The Morgan fingerprint density at radius 1 is 1.53 bits per heavy atom. The van der Waals surface area contributed by atoms with Gasteiger partial charge in [0.2, 0.25) is 0 Å². The molecule has 0 aliphatic carbocycles. The van der Waals surface area contributed by atoms with E-state index in [0.29, 0.717) is 5.69 Å². The topological polar surface area (TPSA) is 119 Å². The summed E-state index contributed by atoms with van der Waals surface area (Å²) < 4.78 is 0. The average Bonchev–Trinajstić information content (AvgIpc) is 2.25. The fourth-order valence-electron chi connectivity index (χ4n) is 1.12. The zero-order valence-electron chi connectivity index (χ0n) is 9.06. The Morgan fingerprint density at radius 3 is 2.71 bits per heavy atom. The van der Waals surface area contributed by atoms with Crippen LogP contribution in [0.2, 0.25) is 0 Å². The highest BCUT2D eigenvalue weighted by Gasteiger charge is 2.16. The molecule has 1 amide bonds. The molecule has 0 saturated heterocycles. The molecule has 4 N–H and O–H groups in total. The van der Waals surface area contributed by atoms with Gasteiger partial charge in [-0.15, -0.1) is 0 Å². The number of hydrogen-bond acceptors (Lipinski definition) is 4. The number of nitrogens with one attached hydrogen (secondary N) is 2. The molecule has 0 aromatic carbocycles. The predicted molar refractivity (Wildman–Crippen MR) is 57.8 cm³/mol. The van der Waals surface area contributed by atoms with Crippen molar-refractivity contribution in [3.63, 3.8) is 0 Å². The minimum atomic E-state index is -1.69. The second-order valence-corrected chi connectivity index (χ2v) is 3.46. The number of carbonyl (C=O) groups is 2. The van der Waals surface area contributed by atoms with Crippen LogP contribution >= 0.6 is 0 Å². The SMILES string of the molecule is Cc1cc(=O)c(C(=O)NC[C@H](O)C(=O)O)c[nH]1. The van der Waals surface area contributed by atoms with Crippen LogP contribution in [0.3, 0.4) is 0 Å². The van der Waals surface area contributed by atoms with Gasteiger partial charge in [0.25, 0.3) is 5.91 Å². The number of amides is 1. The first-order chi connectivity index (χ1) is 7.91.